The molecule has 0 unspecified atom stereocenters. The summed E-state index contributed by atoms with van der Waals surface area (Å²) in [6, 6.07) is 10.8. The molecule has 1 amide bonds. The second kappa shape index (κ2) is 7.46. The highest BCUT2D eigenvalue weighted by Gasteiger charge is 2.12. The van der Waals surface area contributed by atoms with Gasteiger partial charge in [0.2, 0.25) is 5.91 Å². The van der Waals surface area contributed by atoms with Gasteiger partial charge in [0.1, 0.15) is 5.75 Å². The van der Waals surface area contributed by atoms with Crippen LogP contribution in [0.2, 0.25) is 5.02 Å². The van der Waals surface area contributed by atoms with Gasteiger partial charge >= 0.3 is 0 Å². The number of amides is 1. The van der Waals surface area contributed by atoms with Crippen LogP contribution in [0.25, 0.3) is 0 Å². The van der Waals surface area contributed by atoms with E-state index in [-0.39, 0.29) is 18.1 Å². The Hall–Kier alpha value is -2.80. The fourth-order valence-corrected chi connectivity index (χ4v) is 1.99. The Bertz CT molecular complexity index is 719. The van der Waals surface area contributed by atoms with E-state index in [0.29, 0.717) is 22.1 Å². The van der Waals surface area contributed by atoms with E-state index in [2.05, 4.69) is 10.6 Å². The number of nitro benzene ring substituents is 1. The Morgan fingerprint density at radius 3 is 2.57 bits per heavy atom. The molecule has 0 aliphatic heterocycles. The third-order valence-corrected chi connectivity index (χ3v) is 3.21. The van der Waals surface area contributed by atoms with Crippen LogP contribution >= 0.6 is 11.6 Å². The van der Waals surface area contributed by atoms with E-state index < -0.39 is 4.92 Å². The summed E-state index contributed by atoms with van der Waals surface area (Å²) in [5.41, 5.74) is 0.881. The number of carbonyl (C=O) groups is 1. The summed E-state index contributed by atoms with van der Waals surface area (Å²) in [6.45, 7) is -0.0693. The molecule has 120 valence electrons. The van der Waals surface area contributed by atoms with Crippen LogP contribution in [-0.4, -0.2) is 24.5 Å². The molecule has 0 heterocycles. The Kier molecular flexibility index (Phi) is 5.37. The Morgan fingerprint density at radius 2 is 1.96 bits per heavy atom. The van der Waals surface area contributed by atoms with E-state index in [1.54, 1.807) is 24.3 Å². The highest BCUT2D eigenvalue weighted by molar-refractivity contribution is 6.30. The molecule has 0 aliphatic carbocycles. The first-order chi connectivity index (χ1) is 11.0. The number of ether oxygens (including phenoxy) is 1. The van der Waals surface area contributed by atoms with Crippen LogP contribution in [0, 0.1) is 10.1 Å². The van der Waals surface area contributed by atoms with Crippen molar-refractivity contribution in [1.82, 2.24) is 0 Å². The molecule has 0 spiro atoms. The van der Waals surface area contributed by atoms with Gasteiger partial charge in [-0.2, -0.15) is 0 Å². The molecular weight excluding hydrogens is 322 g/mol. The number of halogens is 1. The summed E-state index contributed by atoms with van der Waals surface area (Å²) in [7, 11) is 1.44. The van der Waals surface area contributed by atoms with Crippen molar-refractivity contribution in [2.45, 2.75) is 0 Å². The van der Waals surface area contributed by atoms with Crippen molar-refractivity contribution in [3.8, 4) is 5.75 Å². The molecule has 0 aromatic heterocycles. The number of rotatable bonds is 6. The van der Waals surface area contributed by atoms with Gasteiger partial charge in [-0.3, -0.25) is 14.9 Å². The Balaban J connectivity index is 2.01. The summed E-state index contributed by atoms with van der Waals surface area (Å²) >= 11 is 5.77. The average molecular weight is 336 g/mol. The van der Waals surface area contributed by atoms with Crippen molar-refractivity contribution >= 4 is 34.6 Å². The molecule has 0 fully saturated rings. The van der Waals surface area contributed by atoms with E-state index in [1.165, 1.54) is 25.3 Å². The Labute approximate surface area is 137 Å². The quantitative estimate of drug-likeness (QED) is 0.624. The number of hydrogen-bond donors (Lipinski definition) is 2. The normalized spacial score (nSPS) is 10.0. The minimum absolute atomic E-state index is 0.0693. The Morgan fingerprint density at radius 1 is 1.26 bits per heavy atom. The highest BCUT2D eigenvalue weighted by Crippen LogP contribution is 2.28. The van der Waals surface area contributed by atoms with Gasteiger partial charge in [-0.05, 0) is 30.3 Å². The van der Waals surface area contributed by atoms with E-state index in [1.807, 2.05) is 0 Å². The lowest BCUT2D eigenvalue weighted by Gasteiger charge is -2.11. The maximum Gasteiger partial charge on any atom is 0.271 e. The third kappa shape index (κ3) is 4.58. The number of anilines is 2. The third-order valence-electron chi connectivity index (χ3n) is 2.96. The zero-order chi connectivity index (χ0) is 16.8. The molecule has 2 rings (SSSR count). The zero-order valence-electron chi connectivity index (χ0n) is 12.2. The van der Waals surface area contributed by atoms with Gasteiger partial charge in [-0.25, -0.2) is 0 Å². The van der Waals surface area contributed by atoms with Crippen LogP contribution < -0.4 is 15.4 Å². The number of carbonyl (C=O) groups excluding carboxylic acids is 1. The monoisotopic (exact) mass is 335 g/mol. The molecule has 0 radical (unpaired) electrons. The minimum Gasteiger partial charge on any atom is -0.495 e. The van der Waals surface area contributed by atoms with Gasteiger partial charge in [-0.15, -0.1) is 0 Å². The van der Waals surface area contributed by atoms with Gasteiger partial charge in [0, 0.05) is 22.8 Å². The largest absolute Gasteiger partial charge is 0.495 e. The van der Waals surface area contributed by atoms with E-state index >= 15 is 0 Å². The standard InChI is InChI=1S/C15H14ClN3O4/c1-23-14-7-6-12(19(21)22)8-13(14)17-9-15(20)18-11-4-2-10(16)3-5-11/h2-8,17H,9H2,1H3,(H,18,20). The van der Waals surface area contributed by atoms with Crippen LogP contribution in [0.5, 0.6) is 5.75 Å². The van der Waals surface area contributed by atoms with Crippen molar-refractivity contribution in [3.05, 3.63) is 57.6 Å². The summed E-state index contributed by atoms with van der Waals surface area (Å²) < 4.78 is 5.11. The van der Waals surface area contributed by atoms with Gasteiger partial charge < -0.3 is 15.4 Å². The van der Waals surface area contributed by atoms with Crippen molar-refractivity contribution in [1.29, 1.82) is 0 Å². The number of methoxy groups -OCH3 is 1. The lowest BCUT2D eigenvalue weighted by Crippen LogP contribution is -2.22. The van der Waals surface area contributed by atoms with E-state index in [9.17, 15) is 14.9 Å². The van der Waals surface area contributed by atoms with Crippen LogP contribution in [0.1, 0.15) is 0 Å². The smallest absolute Gasteiger partial charge is 0.271 e. The first-order valence-electron chi connectivity index (χ1n) is 6.61. The van der Waals surface area contributed by atoms with Crippen molar-refractivity contribution in [2.24, 2.45) is 0 Å². The molecule has 0 atom stereocenters. The van der Waals surface area contributed by atoms with Crippen LogP contribution in [-0.2, 0) is 4.79 Å². The molecule has 7 nitrogen and oxygen atoms in total. The molecule has 2 aromatic rings. The maximum atomic E-state index is 11.9. The predicted molar refractivity (Wildman–Crippen MR) is 88.2 cm³/mol. The molecule has 0 saturated carbocycles. The lowest BCUT2D eigenvalue weighted by molar-refractivity contribution is -0.384. The van der Waals surface area contributed by atoms with E-state index in [4.69, 9.17) is 16.3 Å². The van der Waals surface area contributed by atoms with Gasteiger partial charge in [0.15, 0.2) is 0 Å². The molecule has 23 heavy (non-hydrogen) atoms. The second-order valence-corrected chi connectivity index (χ2v) is 4.99. The number of nitrogens with zero attached hydrogens (tertiary/aromatic N) is 1. The highest BCUT2D eigenvalue weighted by atomic mass is 35.5. The summed E-state index contributed by atoms with van der Waals surface area (Å²) in [5.74, 6) is 0.107. The summed E-state index contributed by atoms with van der Waals surface area (Å²) in [6.07, 6.45) is 0. The number of benzene rings is 2. The fraction of sp³-hybridized carbons (Fsp3) is 0.133. The lowest BCUT2D eigenvalue weighted by atomic mass is 10.2. The molecule has 0 saturated heterocycles. The second-order valence-electron chi connectivity index (χ2n) is 4.55. The first-order valence-corrected chi connectivity index (χ1v) is 6.99. The molecule has 8 heteroatoms. The van der Waals surface area contributed by atoms with Crippen molar-refractivity contribution in [2.75, 3.05) is 24.3 Å². The molecule has 2 aromatic carbocycles. The van der Waals surface area contributed by atoms with Gasteiger partial charge in [-0.1, -0.05) is 11.6 Å². The number of non-ortho nitro benzene ring substituents is 1. The summed E-state index contributed by atoms with van der Waals surface area (Å²) in [5, 5.41) is 16.9. The molecule has 0 aliphatic rings. The SMILES string of the molecule is COc1ccc([N+](=O)[O-])cc1NCC(=O)Nc1ccc(Cl)cc1. The maximum absolute atomic E-state index is 11.9. The fourth-order valence-electron chi connectivity index (χ4n) is 1.86. The average Bonchev–Trinajstić information content (AvgIpc) is 2.54. The minimum atomic E-state index is -0.515. The zero-order valence-corrected chi connectivity index (χ0v) is 13.0. The molecule has 0 bridgehead atoms. The van der Waals surface area contributed by atoms with Crippen LogP contribution in [0.3, 0.4) is 0 Å². The van der Waals surface area contributed by atoms with Gasteiger partial charge in [0.05, 0.1) is 24.3 Å². The van der Waals surface area contributed by atoms with E-state index in [0.717, 1.165) is 0 Å². The number of nitrogens with one attached hydrogen (secondary N) is 2. The first kappa shape index (κ1) is 16.6. The molecular formula is C15H14ClN3O4. The van der Waals surface area contributed by atoms with Crippen LogP contribution in [0.15, 0.2) is 42.5 Å². The topological polar surface area (TPSA) is 93.5 Å². The summed E-state index contributed by atoms with van der Waals surface area (Å²) in [4.78, 5) is 22.2. The van der Waals surface area contributed by atoms with Gasteiger partial charge in [0.25, 0.3) is 5.69 Å². The van der Waals surface area contributed by atoms with Crippen molar-refractivity contribution in [3.63, 3.8) is 0 Å². The molecule has 2 N–H and O–H groups in total. The van der Waals surface area contributed by atoms with Crippen LogP contribution in [0.4, 0.5) is 17.1 Å². The predicted octanol–water partition coefficient (Wildman–Crippen LogP) is 3.31. The number of nitro groups is 1. The van der Waals surface area contributed by atoms with Crippen molar-refractivity contribution < 1.29 is 14.5 Å². The number of hydrogen-bond acceptors (Lipinski definition) is 5.